The van der Waals surface area contributed by atoms with E-state index in [4.69, 9.17) is 5.73 Å². The summed E-state index contributed by atoms with van der Waals surface area (Å²) >= 11 is 0. The fraction of sp³-hybridized carbons (Fsp3) is 0.562. The van der Waals surface area contributed by atoms with E-state index in [0.717, 1.165) is 18.4 Å². The van der Waals surface area contributed by atoms with E-state index in [9.17, 15) is 13.2 Å². The highest BCUT2D eigenvalue weighted by molar-refractivity contribution is 7.90. The molecular weight excluding hydrogens is 336 g/mol. The zero-order valence-corrected chi connectivity index (χ0v) is 15.1. The Labute approximate surface area is 144 Å². The minimum Gasteiger partial charge on any atom is -0.355 e. The number of carbonyl (C=O) groups excluding carboxylic acids is 1. The highest BCUT2D eigenvalue weighted by atomic mass is 35.5. The van der Waals surface area contributed by atoms with Crippen molar-refractivity contribution in [3.63, 3.8) is 0 Å². The Morgan fingerprint density at radius 1 is 1.30 bits per heavy atom. The minimum absolute atomic E-state index is 0. The van der Waals surface area contributed by atoms with Crippen molar-refractivity contribution in [1.29, 1.82) is 0 Å². The average Bonchev–Trinajstić information content (AvgIpc) is 3.22. The zero-order chi connectivity index (χ0) is 16.4. The number of carbonyl (C=O) groups is 1. The van der Waals surface area contributed by atoms with Gasteiger partial charge in [-0.2, -0.15) is 0 Å². The Morgan fingerprint density at radius 2 is 1.87 bits per heavy atom. The molecule has 1 aromatic carbocycles. The number of nitrogens with two attached hydrogens (primary N) is 1. The van der Waals surface area contributed by atoms with E-state index in [1.165, 1.54) is 6.26 Å². The van der Waals surface area contributed by atoms with Crippen LogP contribution in [0.3, 0.4) is 0 Å². The van der Waals surface area contributed by atoms with Gasteiger partial charge in [-0.3, -0.25) is 4.79 Å². The van der Waals surface area contributed by atoms with Gasteiger partial charge in [0.05, 0.1) is 11.7 Å². The highest BCUT2D eigenvalue weighted by Crippen LogP contribution is 2.46. The predicted octanol–water partition coefficient (Wildman–Crippen LogP) is 1.69. The summed E-state index contributed by atoms with van der Waals surface area (Å²) in [5.74, 6) is -0.355. The normalized spacial score (nSPS) is 18.4. The maximum atomic E-state index is 12.3. The maximum Gasteiger partial charge on any atom is 0.224 e. The van der Waals surface area contributed by atoms with Gasteiger partial charge in [-0.1, -0.05) is 37.3 Å². The number of hydrogen-bond donors (Lipinski definition) is 2. The molecule has 0 radical (unpaired) electrons. The van der Waals surface area contributed by atoms with Crippen molar-refractivity contribution < 1.29 is 13.2 Å². The van der Waals surface area contributed by atoms with E-state index in [0.29, 0.717) is 6.54 Å². The number of rotatable bonds is 7. The molecule has 0 bridgehead atoms. The van der Waals surface area contributed by atoms with Gasteiger partial charge in [0.1, 0.15) is 9.84 Å². The second-order valence-electron chi connectivity index (χ2n) is 6.51. The van der Waals surface area contributed by atoms with Gasteiger partial charge in [-0.25, -0.2) is 8.42 Å². The molecule has 5 nitrogen and oxygen atoms in total. The number of sulfone groups is 1. The zero-order valence-electron chi connectivity index (χ0n) is 13.5. The molecule has 1 aliphatic rings. The molecule has 1 aliphatic carbocycles. The topological polar surface area (TPSA) is 89.3 Å². The van der Waals surface area contributed by atoms with Gasteiger partial charge in [-0.05, 0) is 18.4 Å². The first-order chi connectivity index (χ1) is 10.2. The minimum atomic E-state index is -3.02. The molecule has 0 saturated heterocycles. The molecule has 1 amide bonds. The second kappa shape index (κ2) is 7.64. The summed E-state index contributed by atoms with van der Waals surface area (Å²) in [5.41, 5.74) is 6.79. The molecule has 0 heterocycles. The smallest absolute Gasteiger partial charge is 0.224 e. The third-order valence-electron chi connectivity index (χ3n) is 4.30. The maximum absolute atomic E-state index is 12.3. The lowest BCUT2D eigenvalue weighted by Gasteiger charge is -2.22. The van der Waals surface area contributed by atoms with Crippen molar-refractivity contribution in [1.82, 2.24) is 5.32 Å². The fourth-order valence-electron chi connectivity index (χ4n) is 2.67. The molecule has 0 aromatic heterocycles. The highest BCUT2D eigenvalue weighted by Gasteiger charge is 2.45. The molecule has 7 heteroatoms. The predicted molar refractivity (Wildman–Crippen MR) is 94.2 cm³/mol. The van der Waals surface area contributed by atoms with Gasteiger partial charge in [0.15, 0.2) is 0 Å². The van der Waals surface area contributed by atoms with Crippen molar-refractivity contribution in [3.05, 3.63) is 35.9 Å². The van der Waals surface area contributed by atoms with Crippen LogP contribution in [-0.4, -0.2) is 32.9 Å². The van der Waals surface area contributed by atoms with Crippen LogP contribution >= 0.6 is 12.4 Å². The average molecular weight is 361 g/mol. The van der Waals surface area contributed by atoms with Crippen LogP contribution in [-0.2, 0) is 14.6 Å². The molecule has 1 saturated carbocycles. The van der Waals surface area contributed by atoms with Crippen molar-refractivity contribution in [2.45, 2.75) is 25.8 Å². The van der Waals surface area contributed by atoms with Crippen molar-refractivity contribution in [2.75, 3.05) is 18.6 Å². The molecule has 2 atom stereocenters. The van der Waals surface area contributed by atoms with Crippen LogP contribution in [0.2, 0.25) is 0 Å². The summed E-state index contributed by atoms with van der Waals surface area (Å²) in [7, 11) is -3.02. The number of hydrogen-bond acceptors (Lipinski definition) is 4. The Morgan fingerprint density at radius 3 is 2.35 bits per heavy atom. The molecular formula is C16H25ClN2O3S. The van der Waals surface area contributed by atoms with Gasteiger partial charge in [0.2, 0.25) is 5.91 Å². The monoisotopic (exact) mass is 360 g/mol. The molecule has 3 N–H and O–H groups in total. The van der Waals surface area contributed by atoms with Gasteiger partial charge in [0.25, 0.3) is 0 Å². The van der Waals surface area contributed by atoms with E-state index < -0.39 is 9.84 Å². The van der Waals surface area contributed by atoms with E-state index in [1.54, 1.807) is 6.92 Å². The molecule has 0 spiro atoms. The number of benzene rings is 1. The summed E-state index contributed by atoms with van der Waals surface area (Å²) in [6, 6.07) is 9.13. The van der Waals surface area contributed by atoms with Crippen LogP contribution in [0.15, 0.2) is 30.3 Å². The van der Waals surface area contributed by atoms with Gasteiger partial charge >= 0.3 is 0 Å². The molecule has 1 aromatic rings. The second-order valence-corrected chi connectivity index (χ2v) is 8.65. The Bertz CT molecular complexity index is 630. The van der Waals surface area contributed by atoms with E-state index in [2.05, 4.69) is 5.32 Å². The first-order valence-electron chi connectivity index (χ1n) is 7.48. The number of nitrogens with one attached hydrogen (secondary N) is 1. The summed E-state index contributed by atoms with van der Waals surface area (Å²) in [5, 5.41) is 2.88. The summed E-state index contributed by atoms with van der Waals surface area (Å²) in [6.07, 6.45) is 2.93. The van der Waals surface area contributed by atoms with Crippen LogP contribution in [0.1, 0.15) is 31.4 Å². The SMILES string of the molecule is CC(C(=O)NCC1(CS(C)(=O)=O)CC1)C(N)c1ccccc1.Cl. The Hall–Kier alpha value is -1.11. The molecule has 1 fully saturated rings. The Kier molecular flexibility index (Phi) is 6.62. The first-order valence-corrected chi connectivity index (χ1v) is 9.54. The summed E-state index contributed by atoms with van der Waals surface area (Å²) < 4.78 is 22.9. The third-order valence-corrected chi connectivity index (χ3v) is 5.44. The van der Waals surface area contributed by atoms with Gasteiger partial charge in [-0.15, -0.1) is 12.4 Å². The molecule has 0 aliphatic heterocycles. The van der Waals surface area contributed by atoms with Crippen LogP contribution in [0, 0.1) is 11.3 Å². The van der Waals surface area contributed by atoms with E-state index >= 15 is 0 Å². The van der Waals surface area contributed by atoms with Crippen LogP contribution < -0.4 is 11.1 Å². The summed E-state index contributed by atoms with van der Waals surface area (Å²) in [6.45, 7) is 2.20. The van der Waals surface area contributed by atoms with Crippen LogP contribution in [0.4, 0.5) is 0 Å². The number of amides is 1. The fourth-order valence-corrected chi connectivity index (χ4v) is 4.17. The van der Waals surface area contributed by atoms with E-state index in [1.807, 2.05) is 30.3 Å². The summed E-state index contributed by atoms with van der Waals surface area (Å²) in [4.78, 5) is 12.3. The molecule has 23 heavy (non-hydrogen) atoms. The lowest BCUT2D eigenvalue weighted by molar-refractivity contribution is -0.125. The largest absolute Gasteiger partial charge is 0.355 e. The molecule has 2 rings (SSSR count). The quantitative estimate of drug-likeness (QED) is 0.774. The lowest BCUT2D eigenvalue weighted by atomic mass is 9.94. The standard InChI is InChI=1S/C16H24N2O3S.ClH/c1-12(14(17)13-6-4-3-5-7-13)15(19)18-10-16(8-9-16)11-22(2,20)21;/h3-7,12,14H,8-11,17H2,1-2H3,(H,18,19);1H. The number of halogens is 1. The third kappa shape index (κ3) is 5.79. The van der Waals surface area contributed by atoms with Crippen LogP contribution in [0.25, 0.3) is 0 Å². The molecule has 2 unspecified atom stereocenters. The van der Waals surface area contributed by atoms with Gasteiger partial charge in [0, 0.05) is 24.3 Å². The lowest BCUT2D eigenvalue weighted by Crippen LogP contribution is -2.39. The van der Waals surface area contributed by atoms with Crippen LogP contribution in [0.5, 0.6) is 0 Å². The van der Waals surface area contributed by atoms with Gasteiger partial charge < -0.3 is 11.1 Å². The van der Waals surface area contributed by atoms with Crippen molar-refractivity contribution >= 4 is 28.2 Å². The Balaban J connectivity index is 0.00000264. The van der Waals surface area contributed by atoms with Crippen molar-refractivity contribution in [2.24, 2.45) is 17.1 Å². The van der Waals surface area contributed by atoms with E-state index in [-0.39, 0.29) is 41.4 Å². The molecule has 130 valence electrons. The van der Waals surface area contributed by atoms with Crippen molar-refractivity contribution in [3.8, 4) is 0 Å². The first kappa shape index (κ1) is 19.9.